The fraction of sp³-hybridized carbons (Fsp3) is 0.217. The van der Waals surface area contributed by atoms with Crippen molar-refractivity contribution in [3.8, 4) is 11.6 Å². The molecule has 1 atom stereocenters. The molecule has 10 heteroatoms. The summed E-state index contributed by atoms with van der Waals surface area (Å²) < 4.78 is 51.3. The highest BCUT2D eigenvalue weighted by molar-refractivity contribution is 7.92. The van der Waals surface area contributed by atoms with E-state index < -0.39 is 15.8 Å². The van der Waals surface area contributed by atoms with Crippen molar-refractivity contribution in [2.75, 3.05) is 17.9 Å². The molecule has 1 aromatic heterocycles. The van der Waals surface area contributed by atoms with Gasteiger partial charge in [-0.2, -0.15) is 0 Å². The van der Waals surface area contributed by atoms with Gasteiger partial charge in [-0.25, -0.2) is 17.8 Å². The molecule has 1 amide bonds. The Kier molecular flexibility index (Phi) is 6.85. The Bertz CT molecular complexity index is 1190. The zero-order valence-electron chi connectivity index (χ0n) is 17.5. The molecule has 1 saturated heterocycles. The van der Waals surface area contributed by atoms with Crippen LogP contribution >= 0.6 is 0 Å². The zero-order valence-corrected chi connectivity index (χ0v) is 18.3. The first-order valence-corrected chi connectivity index (χ1v) is 11.8. The van der Waals surface area contributed by atoms with E-state index in [9.17, 15) is 17.6 Å². The summed E-state index contributed by atoms with van der Waals surface area (Å²) in [5.41, 5.74) is 0.726. The van der Waals surface area contributed by atoms with Gasteiger partial charge in [0.1, 0.15) is 11.6 Å². The second-order valence-electron chi connectivity index (χ2n) is 7.42. The van der Waals surface area contributed by atoms with E-state index in [1.54, 1.807) is 24.3 Å². The molecule has 8 nitrogen and oxygen atoms in total. The number of nitrogens with zero attached hydrogens (tertiary/aromatic N) is 1. The van der Waals surface area contributed by atoms with Crippen LogP contribution in [0.25, 0.3) is 0 Å². The summed E-state index contributed by atoms with van der Waals surface area (Å²) in [6, 6.07) is 13.9. The number of aromatic nitrogens is 1. The Hall–Kier alpha value is -3.50. The highest BCUT2D eigenvalue weighted by atomic mass is 32.2. The van der Waals surface area contributed by atoms with Gasteiger partial charge < -0.3 is 14.8 Å². The first-order chi connectivity index (χ1) is 15.9. The van der Waals surface area contributed by atoms with E-state index in [1.807, 2.05) is 0 Å². The maximum atomic E-state index is 13.0. The SMILES string of the molecule is O=C(NCC1CCCO1)c1ccc(Oc2ccc(NS(=O)(=O)c3ccc(F)cc3)cc2)nc1. The summed E-state index contributed by atoms with van der Waals surface area (Å²) in [5.74, 6) is -0.0353. The van der Waals surface area contributed by atoms with Crippen molar-refractivity contribution in [2.45, 2.75) is 23.8 Å². The van der Waals surface area contributed by atoms with Crippen molar-refractivity contribution in [1.29, 1.82) is 0 Å². The number of anilines is 1. The number of carbonyl (C=O) groups excluding carboxylic acids is 1. The van der Waals surface area contributed by atoms with Gasteiger partial charge in [0.05, 0.1) is 16.6 Å². The Morgan fingerprint density at radius 1 is 1.09 bits per heavy atom. The first-order valence-electron chi connectivity index (χ1n) is 10.3. The topological polar surface area (TPSA) is 107 Å². The predicted octanol–water partition coefficient (Wildman–Crippen LogP) is 3.72. The van der Waals surface area contributed by atoms with Gasteiger partial charge in [0.2, 0.25) is 5.88 Å². The van der Waals surface area contributed by atoms with Gasteiger partial charge >= 0.3 is 0 Å². The molecule has 0 aliphatic carbocycles. The summed E-state index contributed by atoms with van der Waals surface area (Å²) in [4.78, 5) is 16.3. The lowest BCUT2D eigenvalue weighted by Crippen LogP contribution is -2.31. The Morgan fingerprint density at radius 3 is 2.48 bits per heavy atom. The van der Waals surface area contributed by atoms with Crippen LogP contribution < -0.4 is 14.8 Å². The quantitative estimate of drug-likeness (QED) is 0.519. The fourth-order valence-corrected chi connectivity index (χ4v) is 4.29. The van der Waals surface area contributed by atoms with Crippen molar-refractivity contribution in [3.05, 3.63) is 78.2 Å². The highest BCUT2D eigenvalue weighted by Crippen LogP contribution is 2.23. The third-order valence-electron chi connectivity index (χ3n) is 4.97. The number of rotatable bonds is 8. The number of nitrogens with one attached hydrogen (secondary N) is 2. The highest BCUT2D eigenvalue weighted by Gasteiger charge is 2.17. The largest absolute Gasteiger partial charge is 0.439 e. The number of pyridine rings is 1. The molecular formula is C23H22FN3O5S. The van der Waals surface area contributed by atoms with Crippen molar-refractivity contribution >= 4 is 21.6 Å². The maximum Gasteiger partial charge on any atom is 0.261 e. The van der Waals surface area contributed by atoms with Crippen LogP contribution in [0, 0.1) is 5.82 Å². The fourth-order valence-electron chi connectivity index (χ4n) is 3.23. The van der Waals surface area contributed by atoms with Gasteiger partial charge in [-0.3, -0.25) is 9.52 Å². The van der Waals surface area contributed by atoms with E-state index in [0.717, 1.165) is 31.6 Å². The molecule has 2 heterocycles. The van der Waals surface area contributed by atoms with Gasteiger partial charge in [0.15, 0.2) is 0 Å². The molecule has 3 aromatic rings. The van der Waals surface area contributed by atoms with Crippen LogP contribution in [0.15, 0.2) is 71.8 Å². The third-order valence-corrected chi connectivity index (χ3v) is 6.36. The van der Waals surface area contributed by atoms with Gasteiger partial charge in [-0.1, -0.05) is 0 Å². The number of benzene rings is 2. The minimum absolute atomic E-state index is 0.0479. The van der Waals surface area contributed by atoms with Gasteiger partial charge in [0.25, 0.3) is 15.9 Å². The molecule has 33 heavy (non-hydrogen) atoms. The molecule has 1 aliphatic rings. The van der Waals surface area contributed by atoms with E-state index in [1.165, 1.54) is 30.5 Å². The number of hydrogen-bond donors (Lipinski definition) is 2. The zero-order chi connectivity index (χ0) is 23.3. The van der Waals surface area contributed by atoms with Crippen molar-refractivity contribution in [3.63, 3.8) is 0 Å². The predicted molar refractivity (Wildman–Crippen MR) is 119 cm³/mol. The number of sulfonamides is 1. The normalized spacial score (nSPS) is 15.7. The van der Waals surface area contributed by atoms with Crippen LogP contribution in [0.2, 0.25) is 0 Å². The lowest BCUT2D eigenvalue weighted by molar-refractivity contribution is 0.0857. The summed E-state index contributed by atoms with van der Waals surface area (Å²) >= 11 is 0. The number of hydrogen-bond acceptors (Lipinski definition) is 6. The average Bonchev–Trinajstić information content (AvgIpc) is 3.33. The minimum Gasteiger partial charge on any atom is -0.439 e. The summed E-state index contributed by atoms with van der Waals surface area (Å²) in [6.07, 6.45) is 3.44. The second kappa shape index (κ2) is 9.97. The van der Waals surface area contributed by atoms with Crippen LogP contribution in [0.5, 0.6) is 11.6 Å². The monoisotopic (exact) mass is 471 g/mol. The Balaban J connectivity index is 1.33. The molecule has 2 N–H and O–H groups in total. The van der Waals surface area contributed by atoms with E-state index >= 15 is 0 Å². The molecule has 0 radical (unpaired) electrons. The molecular weight excluding hydrogens is 449 g/mol. The van der Waals surface area contributed by atoms with Crippen LogP contribution in [0.4, 0.5) is 10.1 Å². The number of ether oxygens (including phenoxy) is 2. The molecule has 172 valence electrons. The summed E-state index contributed by atoms with van der Waals surface area (Å²) in [7, 11) is -3.84. The van der Waals surface area contributed by atoms with E-state index in [4.69, 9.17) is 9.47 Å². The summed E-state index contributed by atoms with van der Waals surface area (Å²) in [5, 5.41) is 2.83. The Labute approximate surface area is 190 Å². The lowest BCUT2D eigenvalue weighted by Gasteiger charge is -2.11. The minimum atomic E-state index is -3.84. The molecule has 1 fully saturated rings. The van der Waals surface area contributed by atoms with E-state index in [0.29, 0.717) is 23.5 Å². The third kappa shape index (κ3) is 6.05. The molecule has 0 saturated carbocycles. The van der Waals surface area contributed by atoms with Gasteiger partial charge in [0, 0.05) is 31.1 Å². The lowest BCUT2D eigenvalue weighted by atomic mass is 10.2. The smallest absolute Gasteiger partial charge is 0.261 e. The molecule has 1 unspecified atom stereocenters. The standard InChI is InChI=1S/C23H22FN3O5S/c24-17-4-10-21(11-5-17)33(29,30)27-18-6-8-19(9-7-18)32-22-12-3-16(14-25-22)23(28)26-15-20-2-1-13-31-20/h3-12,14,20,27H,1-2,13,15H2,(H,26,28). The van der Waals surface area contributed by atoms with Gasteiger partial charge in [-0.05, 0) is 67.4 Å². The average molecular weight is 472 g/mol. The number of carbonyl (C=O) groups is 1. The maximum absolute atomic E-state index is 13.0. The van der Waals surface area contributed by atoms with E-state index in [2.05, 4.69) is 15.0 Å². The molecule has 1 aliphatic heterocycles. The summed E-state index contributed by atoms with van der Waals surface area (Å²) in [6.45, 7) is 1.20. The van der Waals surface area contributed by atoms with Crippen LogP contribution in [-0.2, 0) is 14.8 Å². The van der Waals surface area contributed by atoms with Crippen LogP contribution in [0.1, 0.15) is 23.2 Å². The van der Waals surface area contributed by atoms with Crippen LogP contribution in [0.3, 0.4) is 0 Å². The van der Waals surface area contributed by atoms with Crippen molar-refractivity contribution in [1.82, 2.24) is 10.3 Å². The van der Waals surface area contributed by atoms with Gasteiger partial charge in [-0.15, -0.1) is 0 Å². The molecule has 0 spiro atoms. The number of amides is 1. The van der Waals surface area contributed by atoms with Crippen molar-refractivity contribution < 1.29 is 27.1 Å². The molecule has 2 aromatic carbocycles. The molecule has 4 rings (SSSR count). The Morgan fingerprint density at radius 2 is 1.85 bits per heavy atom. The number of halogens is 1. The van der Waals surface area contributed by atoms with E-state index in [-0.39, 0.29) is 22.8 Å². The second-order valence-corrected chi connectivity index (χ2v) is 9.10. The van der Waals surface area contributed by atoms with Crippen molar-refractivity contribution in [2.24, 2.45) is 0 Å². The first kappa shape index (κ1) is 22.7. The molecule has 0 bridgehead atoms. The van der Waals surface area contributed by atoms with Crippen LogP contribution in [-0.4, -0.2) is 38.6 Å².